The molecule has 0 saturated carbocycles. The fourth-order valence-corrected chi connectivity index (χ4v) is 3.63. The van der Waals surface area contributed by atoms with E-state index in [9.17, 15) is 8.42 Å². The number of hydrogen-bond donors (Lipinski definition) is 1. The lowest BCUT2D eigenvalue weighted by Crippen LogP contribution is -2.34. The Balaban J connectivity index is 2.96. The van der Waals surface area contributed by atoms with Gasteiger partial charge in [-0.2, -0.15) is 4.31 Å². The molecule has 0 unspecified atom stereocenters. The molecule has 4 nitrogen and oxygen atoms in total. The third-order valence-electron chi connectivity index (χ3n) is 2.35. The van der Waals surface area contributed by atoms with E-state index in [1.807, 2.05) is 0 Å². The topological polar surface area (TPSA) is 57.6 Å². The largest absolute Gasteiger partial charge is 0.395 e. The molecule has 0 bridgehead atoms. The molecule has 19 heavy (non-hydrogen) atoms. The smallest absolute Gasteiger partial charge is 0.218 e. The standard InChI is InChI=1S/C12H15Cl2NO3S/c1-2-3-15(4-5-16)19(17,18)9-10-6-11(13)8-12(14)7-10/h2,6-8,16H,1,3-5,9H2. The average Bonchev–Trinajstić information content (AvgIpc) is 2.26. The number of sulfonamides is 1. The maximum absolute atomic E-state index is 12.2. The van der Waals surface area contributed by atoms with Gasteiger partial charge in [-0.25, -0.2) is 8.42 Å². The Morgan fingerprint density at radius 2 is 1.84 bits per heavy atom. The molecule has 0 amide bonds. The van der Waals surface area contributed by atoms with Crippen molar-refractivity contribution in [3.63, 3.8) is 0 Å². The molecule has 0 heterocycles. The zero-order valence-corrected chi connectivity index (χ0v) is 12.5. The van der Waals surface area contributed by atoms with Gasteiger partial charge in [0.1, 0.15) is 0 Å². The summed E-state index contributed by atoms with van der Waals surface area (Å²) in [4.78, 5) is 0. The SMILES string of the molecule is C=CCN(CCO)S(=O)(=O)Cc1cc(Cl)cc(Cl)c1. The van der Waals surface area contributed by atoms with E-state index in [1.165, 1.54) is 12.1 Å². The van der Waals surface area contributed by atoms with Gasteiger partial charge in [-0.3, -0.25) is 0 Å². The van der Waals surface area contributed by atoms with Crippen molar-refractivity contribution in [2.45, 2.75) is 5.75 Å². The maximum Gasteiger partial charge on any atom is 0.218 e. The molecule has 1 aromatic carbocycles. The summed E-state index contributed by atoms with van der Waals surface area (Å²) < 4.78 is 25.5. The Morgan fingerprint density at radius 3 is 2.32 bits per heavy atom. The van der Waals surface area contributed by atoms with E-state index in [1.54, 1.807) is 12.1 Å². The molecular weight excluding hydrogens is 309 g/mol. The molecule has 0 fully saturated rings. The fraction of sp³-hybridized carbons (Fsp3) is 0.333. The van der Waals surface area contributed by atoms with Crippen LogP contribution in [0.15, 0.2) is 30.9 Å². The fourth-order valence-electron chi connectivity index (χ4n) is 1.60. The van der Waals surface area contributed by atoms with E-state index in [0.717, 1.165) is 4.31 Å². The monoisotopic (exact) mass is 323 g/mol. The lowest BCUT2D eigenvalue weighted by molar-refractivity contribution is 0.260. The zero-order chi connectivity index (χ0) is 14.5. The van der Waals surface area contributed by atoms with Gasteiger partial charge in [-0.05, 0) is 23.8 Å². The number of rotatable bonds is 7. The van der Waals surface area contributed by atoms with Gasteiger partial charge >= 0.3 is 0 Å². The Bertz CT molecular complexity index is 526. The number of aliphatic hydroxyl groups is 1. The number of nitrogens with zero attached hydrogens (tertiary/aromatic N) is 1. The van der Waals surface area contributed by atoms with Crippen LogP contribution < -0.4 is 0 Å². The van der Waals surface area contributed by atoms with Crippen LogP contribution in [0.2, 0.25) is 10.0 Å². The summed E-state index contributed by atoms with van der Waals surface area (Å²) in [5.74, 6) is -0.221. The van der Waals surface area contributed by atoms with Gasteiger partial charge in [0, 0.05) is 23.1 Å². The maximum atomic E-state index is 12.2. The highest BCUT2D eigenvalue weighted by molar-refractivity contribution is 7.88. The van der Waals surface area contributed by atoms with E-state index in [2.05, 4.69) is 6.58 Å². The van der Waals surface area contributed by atoms with E-state index in [0.29, 0.717) is 15.6 Å². The van der Waals surface area contributed by atoms with Crippen molar-refractivity contribution in [2.75, 3.05) is 19.7 Å². The average molecular weight is 324 g/mol. The number of hydrogen-bond acceptors (Lipinski definition) is 3. The van der Waals surface area contributed by atoms with Crippen molar-refractivity contribution in [1.29, 1.82) is 0 Å². The van der Waals surface area contributed by atoms with Crippen LogP contribution in [0.4, 0.5) is 0 Å². The Morgan fingerprint density at radius 1 is 1.26 bits per heavy atom. The highest BCUT2D eigenvalue weighted by Gasteiger charge is 2.21. The lowest BCUT2D eigenvalue weighted by atomic mass is 10.2. The first-order valence-corrected chi connectivity index (χ1v) is 7.90. The molecule has 0 atom stereocenters. The van der Waals surface area contributed by atoms with Gasteiger partial charge in [0.2, 0.25) is 10.0 Å². The third kappa shape index (κ3) is 5.12. The first-order chi connectivity index (χ1) is 8.89. The van der Waals surface area contributed by atoms with Crippen LogP contribution in [-0.4, -0.2) is 37.5 Å². The summed E-state index contributed by atoms with van der Waals surface area (Å²) in [7, 11) is -3.55. The van der Waals surface area contributed by atoms with Crippen molar-refractivity contribution >= 4 is 33.2 Å². The summed E-state index contributed by atoms with van der Waals surface area (Å²) in [6, 6.07) is 4.64. The molecule has 0 spiro atoms. The van der Waals surface area contributed by atoms with Gasteiger partial charge in [0.05, 0.1) is 12.4 Å². The van der Waals surface area contributed by atoms with Gasteiger partial charge < -0.3 is 5.11 Å². The first kappa shape index (κ1) is 16.5. The third-order valence-corrected chi connectivity index (χ3v) is 4.60. The molecular formula is C12H15Cl2NO3S. The van der Waals surface area contributed by atoms with Gasteiger partial charge in [-0.15, -0.1) is 6.58 Å². The summed E-state index contributed by atoms with van der Waals surface area (Å²) in [6.45, 7) is 3.44. The molecule has 0 aromatic heterocycles. The summed E-state index contributed by atoms with van der Waals surface area (Å²) in [5, 5.41) is 9.67. The van der Waals surface area contributed by atoms with Crippen molar-refractivity contribution in [3.8, 4) is 0 Å². The molecule has 1 aromatic rings. The van der Waals surface area contributed by atoms with Crippen molar-refractivity contribution < 1.29 is 13.5 Å². The highest BCUT2D eigenvalue weighted by Crippen LogP contribution is 2.21. The molecule has 1 N–H and O–H groups in total. The molecule has 106 valence electrons. The minimum atomic E-state index is -3.55. The molecule has 7 heteroatoms. The van der Waals surface area contributed by atoms with Gasteiger partial charge in [-0.1, -0.05) is 29.3 Å². The zero-order valence-electron chi connectivity index (χ0n) is 10.2. The summed E-state index contributed by atoms with van der Waals surface area (Å²) >= 11 is 11.7. The molecule has 0 aliphatic heterocycles. The quantitative estimate of drug-likeness (QED) is 0.783. The molecule has 0 radical (unpaired) electrons. The molecule has 0 aliphatic rings. The second-order valence-electron chi connectivity index (χ2n) is 3.90. The van der Waals surface area contributed by atoms with Crippen LogP contribution in [0.25, 0.3) is 0 Å². The van der Waals surface area contributed by atoms with Crippen LogP contribution >= 0.6 is 23.2 Å². The lowest BCUT2D eigenvalue weighted by Gasteiger charge is -2.19. The molecule has 0 saturated heterocycles. The minimum absolute atomic E-state index is 0.0304. The van der Waals surface area contributed by atoms with Crippen molar-refractivity contribution in [3.05, 3.63) is 46.5 Å². The van der Waals surface area contributed by atoms with E-state index in [-0.39, 0.29) is 25.4 Å². The Labute approximate surface area is 123 Å². The van der Waals surface area contributed by atoms with Crippen molar-refractivity contribution in [1.82, 2.24) is 4.31 Å². The van der Waals surface area contributed by atoms with Crippen LogP contribution in [0.3, 0.4) is 0 Å². The van der Waals surface area contributed by atoms with Crippen LogP contribution in [0.5, 0.6) is 0 Å². The van der Waals surface area contributed by atoms with Crippen LogP contribution in [0, 0.1) is 0 Å². The summed E-state index contributed by atoms with van der Waals surface area (Å²) in [6.07, 6.45) is 1.47. The first-order valence-electron chi connectivity index (χ1n) is 5.53. The second kappa shape index (κ2) is 7.26. The predicted molar refractivity (Wildman–Crippen MR) is 77.9 cm³/mol. The normalized spacial score (nSPS) is 11.8. The molecule has 0 aliphatic carbocycles. The van der Waals surface area contributed by atoms with Gasteiger partial charge in [0.15, 0.2) is 0 Å². The number of aliphatic hydroxyl groups excluding tert-OH is 1. The minimum Gasteiger partial charge on any atom is -0.395 e. The van der Waals surface area contributed by atoms with Gasteiger partial charge in [0.25, 0.3) is 0 Å². The Kier molecular flexibility index (Phi) is 6.29. The highest BCUT2D eigenvalue weighted by atomic mass is 35.5. The van der Waals surface area contributed by atoms with E-state index >= 15 is 0 Å². The van der Waals surface area contributed by atoms with Crippen LogP contribution in [0.1, 0.15) is 5.56 Å². The van der Waals surface area contributed by atoms with E-state index < -0.39 is 10.0 Å². The molecule has 1 rings (SSSR count). The van der Waals surface area contributed by atoms with E-state index in [4.69, 9.17) is 28.3 Å². The number of benzene rings is 1. The van der Waals surface area contributed by atoms with Crippen molar-refractivity contribution in [2.24, 2.45) is 0 Å². The second-order valence-corrected chi connectivity index (χ2v) is 6.75. The number of halogens is 2. The Hall–Kier alpha value is -0.590. The predicted octanol–water partition coefficient (Wildman–Crippen LogP) is 2.30. The van der Waals surface area contributed by atoms with Crippen LogP contribution in [-0.2, 0) is 15.8 Å². The summed E-state index contributed by atoms with van der Waals surface area (Å²) in [5.41, 5.74) is 0.504.